The average Bonchev–Trinajstić information content (AvgIpc) is 2.48. The fourth-order valence-corrected chi connectivity index (χ4v) is 2.47. The second kappa shape index (κ2) is 8.23. The number of halogens is 1. The van der Waals surface area contributed by atoms with Crippen molar-refractivity contribution < 1.29 is 4.74 Å². The van der Waals surface area contributed by atoms with Gasteiger partial charge in [-0.3, -0.25) is 0 Å². The van der Waals surface area contributed by atoms with Crippen molar-refractivity contribution in [2.75, 3.05) is 40.3 Å². The lowest BCUT2D eigenvalue weighted by atomic mass is 10.1. The fourth-order valence-electron chi connectivity index (χ4n) is 2.24. The first-order valence-corrected chi connectivity index (χ1v) is 7.72. The van der Waals surface area contributed by atoms with E-state index in [0.29, 0.717) is 6.61 Å². The largest absolute Gasteiger partial charge is 0.492 e. The molecule has 0 bridgehead atoms. The van der Waals surface area contributed by atoms with Crippen molar-refractivity contribution in [3.8, 4) is 5.75 Å². The summed E-state index contributed by atoms with van der Waals surface area (Å²) in [4.78, 5) is 2.19. The van der Waals surface area contributed by atoms with E-state index in [0.717, 1.165) is 47.6 Å². The van der Waals surface area contributed by atoms with Crippen LogP contribution in [0.25, 0.3) is 10.8 Å². The molecule has 0 aliphatic carbocycles. The molecule has 0 radical (unpaired) electrons. The Kier molecular flexibility index (Phi) is 6.30. The Labute approximate surface area is 131 Å². The van der Waals surface area contributed by atoms with Gasteiger partial charge in [-0.15, -0.1) is 0 Å². The van der Waals surface area contributed by atoms with Crippen molar-refractivity contribution in [1.82, 2.24) is 10.2 Å². The third kappa shape index (κ3) is 4.88. The van der Waals surface area contributed by atoms with Gasteiger partial charge in [-0.05, 0) is 45.7 Å². The first-order chi connectivity index (χ1) is 10.2. The lowest BCUT2D eigenvalue weighted by Crippen LogP contribution is -2.25. The highest BCUT2D eigenvalue weighted by molar-refractivity contribution is 6.35. The van der Waals surface area contributed by atoms with E-state index >= 15 is 0 Å². The van der Waals surface area contributed by atoms with E-state index in [1.807, 2.05) is 36.4 Å². The van der Waals surface area contributed by atoms with E-state index in [1.165, 1.54) is 0 Å². The van der Waals surface area contributed by atoms with Crippen LogP contribution in [0.2, 0.25) is 5.02 Å². The van der Waals surface area contributed by atoms with Crippen LogP contribution >= 0.6 is 11.6 Å². The summed E-state index contributed by atoms with van der Waals surface area (Å²) in [5.41, 5.74) is 0. The van der Waals surface area contributed by atoms with Gasteiger partial charge < -0.3 is 15.0 Å². The maximum Gasteiger partial charge on any atom is 0.127 e. The van der Waals surface area contributed by atoms with Crippen LogP contribution in [0, 0.1) is 0 Å². The molecule has 3 nitrogen and oxygen atoms in total. The van der Waals surface area contributed by atoms with Gasteiger partial charge in [0, 0.05) is 22.3 Å². The maximum absolute atomic E-state index is 6.20. The third-order valence-corrected chi connectivity index (χ3v) is 3.66. The molecule has 0 aliphatic rings. The van der Waals surface area contributed by atoms with E-state index in [-0.39, 0.29) is 0 Å². The second-order valence-corrected chi connectivity index (χ2v) is 5.75. The maximum atomic E-state index is 6.20. The van der Waals surface area contributed by atoms with Gasteiger partial charge in [0.05, 0.1) is 0 Å². The van der Waals surface area contributed by atoms with Gasteiger partial charge in [0.1, 0.15) is 12.4 Å². The Bertz CT molecular complexity index is 572. The van der Waals surface area contributed by atoms with Gasteiger partial charge in [-0.25, -0.2) is 0 Å². The summed E-state index contributed by atoms with van der Waals surface area (Å²) in [6.07, 6.45) is 1.15. The molecule has 21 heavy (non-hydrogen) atoms. The predicted molar refractivity (Wildman–Crippen MR) is 90.5 cm³/mol. The normalized spacial score (nSPS) is 11.2. The van der Waals surface area contributed by atoms with Crippen LogP contribution in [0.15, 0.2) is 36.4 Å². The lowest BCUT2D eigenvalue weighted by molar-refractivity contribution is 0.314. The van der Waals surface area contributed by atoms with Gasteiger partial charge in [-0.1, -0.05) is 35.9 Å². The Morgan fingerprint density at radius 3 is 2.57 bits per heavy atom. The van der Waals surface area contributed by atoms with Gasteiger partial charge in [-0.2, -0.15) is 0 Å². The van der Waals surface area contributed by atoms with Gasteiger partial charge in [0.2, 0.25) is 0 Å². The Morgan fingerprint density at radius 2 is 1.81 bits per heavy atom. The van der Waals surface area contributed by atoms with Crippen LogP contribution in [0.5, 0.6) is 5.75 Å². The fraction of sp³-hybridized carbons (Fsp3) is 0.412. The van der Waals surface area contributed by atoms with Crippen molar-refractivity contribution in [2.45, 2.75) is 6.42 Å². The Morgan fingerprint density at radius 1 is 1.05 bits per heavy atom. The van der Waals surface area contributed by atoms with Crippen LogP contribution in [0.1, 0.15) is 6.42 Å². The summed E-state index contributed by atoms with van der Waals surface area (Å²) in [5, 5.41) is 6.26. The van der Waals surface area contributed by atoms with Crippen molar-refractivity contribution in [2.24, 2.45) is 0 Å². The summed E-state index contributed by atoms with van der Waals surface area (Å²) in [5.74, 6) is 0.894. The number of nitrogens with one attached hydrogen (secondary N) is 1. The van der Waals surface area contributed by atoms with Crippen LogP contribution in [0.3, 0.4) is 0 Å². The lowest BCUT2D eigenvalue weighted by Gasteiger charge is -2.12. The molecule has 0 heterocycles. The number of hydrogen-bond donors (Lipinski definition) is 1. The van der Waals surface area contributed by atoms with Crippen LogP contribution < -0.4 is 10.1 Å². The first kappa shape index (κ1) is 16.1. The summed E-state index contributed by atoms with van der Waals surface area (Å²) in [6.45, 7) is 3.64. The number of hydrogen-bond acceptors (Lipinski definition) is 3. The molecule has 0 fully saturated rings. The number of nitrogens with zero attached hydrogens (tertiary/aromatic N) is 1. The highest BCUT2D eigenvalue weighted by atomic mass is 35.5. The molecule has 0 spiro atoms. The van der Waals surface area contributed by atoms with Gasteiger partial charge >= 0.3 is 0 Å². The topological polar surface area (TPSA) is 24.5 Å². The molecule has 0 saturated heterocycles. The summed E-state index contributed by atoms with van der Waals surface area (Å²) >= 11 is 6.20. The molecule has 0 saturated carbocycles. The number of ether oxygens (including phenoxy) is 1. The molecular formula is C17H23ClN2O. The van der Waals surface area contributed by atoms with E-state index in [4.69, 9.17) is 16.3 Å². The smallest absolute Gasteiger partial charge is 0.127 e. The van der Waals surface area contributed by atoms with E-state index in [9.17, 15) is 0 Å². The highest BCUT2D eigenvalue weighted by Crippen LogP contribution is 2.31. The zero-order chi connectivity index (χ0) is 15.1. The quantitative estimate of drug-likeness (QED) is 0.756. The van der Waals surface area contributed by atoms with Crippen LogP contribution in [-0.4, -0.2) is 45.2 Å². The molecule has 4 heteroatoms. The van der Waals surface area contributed by atoms with Crippen molar-refractivity contribution >= 4 is 22.4 Å². The van der Waals surface area contributed by atoms with E-state index in [2.05, 4.69) is 24.3 Å². The van der Waals surface area contributed by atoms with E-state index in [1.54, 1.807) is 0 Å². The molecule has 0 aliphatic heterocycles. The minimum absolute atomic E-state index is 0.660. The zero-order valence-corrected chi connectivity index (χ0v) is 13.5. The number of benzene rings is 2. The molecule has 0 amide bonds. The number of fused-ring (bicyclic) bond motifs is 1. The Hall–Kier alpha value is -1.29. The molecule has 2 aromatic rings. The summed E-state index contributed by atoms with van der Waals surface area (Å²) < 4.78 is 5.87. The molecule has 0 aromatic heterocycles. The molecule has 114 valence electrons. The minimum atomic E-state index is 0.660. The average molecular weight is 307 g/mol. The van der Waals surface area contributed by atoms with Gasteiger partial charge in [0.15, 0.2) is 0 Å². The van der Waals surface area contributed by atoms with Crippen molar-refractivity contribution in [3.63, 3.8) is 0 Å². The molecule has 2 rings (SSSR count). The van der Waals surface area contributed by atoms with Crippen molar-refractivity contribution in [3.05, 3.63) is 41.4 Å². The van der Waals surface area contributed by atoms with Crippen LogP contribution in [0.4, 0.5) is 0 Å². The number of rotatable bonds is 8. The monoisotopic (exact) mass is 306 g/mol. The second-order valence-electron chi connectivity index (χ2n) is 5.35. The molecular weight excluding hydrogens is 284 g/mol. The first-order valence-electron chi connectivity index (χ1n) is 7.34. The molecule has 0 atom stereocenters. The molecule has 2 aromatic carbocycles. The Balaban J connectivity index is 1.80. The van der Waals surface area contributed by atoms with Crippen molar-refractivity contribution in [1.29, 1.82) is 0 Å². The molecule has 0 unspecified atom stereocenters. The van der Waals surface area contributed by atoms with E-state index < -0.39 is 0 Å². The summed E-state index contributed by atoms with van der Waals surface area (Å²) in [7, 11) is 4.18. The standard InChI is InChI=1S/C17H23ClN2O/c1-20(2)12-5-10-19-11-13-21-17-9-8-16(18)14-6-3-4-7-15(14)17/h3-4,6-9,19H,5,10-13H2,1-2H3. The van der Waals surface area contributed by atoms with Gasteiger partial charge in [0.25, 0.3) is 0 Å². The SMILES string of the molecule is CN(C)CCCNCCOc1ccc(Cl)c2ccccc12. The minimum Gasteiger partial charge on any atom is -0.492 e. The third-order valence-electron chi connectivity index (χ3n) is 3.33. The summed E-state index contributed by atoms with van der Waals surface area (Å²) in [6, 6.07) is 11.9. The van der Waals surface area contributed by atoms with Crippen LogP contribution in [-0.2, 0) is 0 Å². The predicted octanol–water partition coefficient (Wildman–Crippen LogP) is 3.41. The highest BCUT2D eigenvalue weighted by Gasteiger charge is 2.04. The zero-order valence-electron chi connectivity index (χ0n) is 12.7. The molecule has 1 N–H and O–H groups in total.